The van der Waals surface area contributed by atoms with E-state index >= 15 is 0 Å². The molecule has 0 aliphatic heterocycles. The minimum Gasteiger partial charge on any atom is -0.368 e. The number of anilines is 2. The van der Waals surface area contributed by atoms with Crippen molar-refractivity contribution in [3.05, 3.63) is 18.7 Å². The van der Waals surface area contributed by atoms with Crippen molar-refractivity contribution in [2.24, 2.45) is 0 Å². The summed E-state index contributed by atoms with van der Waals surface area (Å²) in [5.74, 6) is 1.17. The second-order valence-electron chi connectivity index (χ2n) is 4.47. The van der Waals surface area contributed by atoms with Gasteiger partial charge in [-0.2, -0.15) is 15.0 Å². The molecule has 2 aromatic heterocycles. The fourth-order valence-corrected chi connectivity index (χ4v) is 1.74. The minimum absolute atomic E-state index is 0.198. The van der Waals surface area contributed by atoms with Gasteiger partial charge in [0.05, 0.1) is 0 Å². The molecule has 1 atom stereocenters. The van der Waals surface area contributed by atoms with Crippen LogP contribution in [-0.2, 0) is 0 Å². The molecule has 2 aromatic rings. The van der Waals surface area contributed by atoms with E-state index in [0.717, 1.165) is 6.42 Å². The van der Waals surface area contributed by atoms with Crippen LogP contribution in [0.5, 0.6) is 0 Å². The van der Waals surface area contributed by atoms with Crippen LogP contribution in [0.1, 0.15) is 33.1 Å². The van der Waals surface area contributed by atoms with E-state index in [0.29, 0.717) is 17.9 Å². The normalized spacial score (nSPS) is 12.3. The van der Waals surface area contributed by atoms with Gasteiger partial charge in [-0.05, 0) is 13.3 Å². The smallest absolute Gasteiger partial charge is 0.241 e. The average molecular weight is 261 g/mol. The Hall–Kier alpha value is -2.18. The van der Waals surface area contributed by atoms with Crippen molar-refractivity contribution in [2.75, 3.05) is 11.1 Å². The van der Waals surface area contributed by atoms with Gasteiger partial charge in [-0.3, -0.25) is 4.57 Å². The van der Waals surface area contributed by atoms with Crippen molar-refractivity contribution in [3.63, 3.8) is 0 Å². The Morgan fingerprint density at radius 1 is 1.37 bits per heavy atom. The van der Waals surface area contributed by atoms with Gasteiger partial charge in [0, 0.05) is 18.4 Å². The summed E-state index contributed by atoms with van der Waals surface area (Å²) < 4.78 is 1.69. The standard InChI is InChI=1S/C12H19N7/c1-3-4-5-9(2)15-11-16-10(13)17-12(18-11)19-7-6-14-8-19/h6-9H,3-5H2,1-2H3,(H3,13,15,16,17,18). The second-order valence-corrected chi connectivity index (χ2v) is 4.47. The van der Waals surface area contributed by atoms with E-state index < -0.39 is 0 Å². The first-order valence-corrected chi connectivity index (χ1v) is 6.45. The van der Waals surface area contributed by atoms with Gasteiger partial charge >= 0.3 is 0 Å². The third kappa shape index (κ3) is 3.64. The predicted molar refractivity (Wildman–Crippen MR) is 74.0 cm³/mol. The predicted octanol–water partition coefficient (Wildman–Crippen LogP) is 1.63. The molecular weight excluding hydrogens is 242 g/mol. The highest BCUT2D eigenvalue weighted by atomic mass is 15.3. The van der Waals surface area contributed by atoms with Crippen LogP contribution in [0, 0.1) is 0 Å². The molecule has 0 saturated carbocycles. The maximum atomic E-state index is 5.71. The minimum atomic E-state index is 0.198. The molecule has 0 saturated heterocycles. The van der Waals surface area contributed by atoms with Gasteiger partial charge in [0.2, 0.25) is 17.8 Å². The lowest BCUT2D eigenvalue weighted by atomic mass is 10.1. The summed E-state index contributed by atoms with van der Waals surface area (Å²) in [5, 5.41) is 3.24. The third-order valence-corrected chi connectivity index (χ3v) is 2.74. The fraction of sp³-hybridized carbons (Fsp3) is 0.500. The average Bonchev–Trinajstić information content (AvgIpc) is 2.89. The number of nitrogens with zero attached hydrogens (tertiary/aromatic N) is 5. The molecule has 0 aliphatic rings. The molecule has 7 nitrogen and oxygen atoms in total. The first kappa shape index (κ1) is 13.3. The Kier molecular flexibility index (Phi) is 4.27. The number of hydrogen-bond donors (Lipinski definition) is 2. The molecule has 7 heteroatoms. The van der Waals surface area contributed by atoms with Crippen LogP contribution < -0.4 is 11.1 Å². The zero-order valence-electron chi connectivity index (χ0n) is 11.2. The Labute approximate surface area is 112 Å². The van der Waals surface area contributed by atoms with E-state index in [-0.39, 0.29) is 5.95 Å². The van der Waals surface area contributed by atoms with Crippen LogP contribution in [0.3, 0.4) is 0 Å². The zero-order valence-corrected chi connectivity index (χ0v) is 11.2. The largest absolute Gasteiger partial charge is 0.368 e. The lowest BCUT2D eigenvalue weighted by molar-refractivity contribution is 0.640. The number of nitrogens with two attached hydrogens (primary N) is 1. The molecule has 0 bridgehead atoms. The van der Waals surface area contributed by atoms with E-state index in [1.807, 2.05) is 0 Å². The number of nitrogens with one attached hydrogen (secondary N) is 1. The fourth-order valence-electron chi connectivity index (χ4n) is 1.74. The van der Waals surface area contributed by atoms with Crippen LogP contribution >= 0.6 is 0 Å². The van der Waals surface area contributed by atoms with Gasteiger partial charge in [-0.15, -0.1) is 0 Å². The molecule has 0 aromatic carbocycles. The second kappa shape index (κ2) is 6.12. The highest BCUT2D eigenvalue weighted by molar-refractivity contribution is 5.35. The van der Waals surface area contributed by atoms with Crippen molar-refractivity contribution < 1.29 is 0 Å². The molecule has 0 fully saturated rings. The summed E-state index contributed by atoms with van der Waals surface area (Å²) in [4.78, 5) is 16.5. The zero-order chi connectivity index (χ0) is 13.7. The molecule has 0 aliphatic carbocycles. The van der Waals surface area contributed by atoms with Gasteiger partial charge in [-0.25, -0.2) is 4.98 Å². The van der Waals surface area contributed by atoms with E-state index in [4.69, 9.17) is 5.73 Å². The van der Waals surface area contributed by atoms with Gasteiger partial charge < -0.3 is 11.1 Å². The van der Waals surface area contributed by atoms with Crippen molar-refractivity contribution in [2.45, 2.75) is 39.2 Å². The maximum absolute atomic E-state index is 5.71. The highest BCUT2D eigenvalue weighted by Gasteiger charge is 2.08. The summed E-state index contributed by atoms with van der Waals surface area (Å²) in [6.07, 6.45) is 8.46. The van der Waals surface area contributed by atoms with Crippen molar-refractivity contribution >= 4 is 11.9 Å². The van der Waals surface area contributed by atoms with Crippen LogP contribution in [0.15, 0.2) is 18.7 Å². The van der Waals surface area contributed by atoms with Gasteiger partial charge in [0.25, 0.3) is 0 Å². The van der Waals surface area contributed by atoms with E-state index in [1.165, 1.54) is 12.8 Å². The van der Waals surface area contributed by atoms with Crippen LogP contribution in [-0.4, -0.2) is 30.5 Å². The number of hydrogen-bond acceptors (Lipinski definition) is 6. The monoisotopic (exact) mass is 261 g/mol. The molecule has 3 N–H and O–H groups in total. The SMILES string of the molecule is CCCCC(C)Nc1nc(N)nc(-n2ccnc2)n1. The van der Waals surface area contributed by atoms with E-state index in [9.17, 15) is 0 Å². The Morgan fingerprint density at radius 2 is 2.21 bits per heavy atom. The number of unbranched alkanes of at least 4 members (excludes halogenated alkanes) is 1. The van der Waals surface area contributed by atoms with Crippen LogP contribution in [0.25, 0.3) is 5.95 Å². The van der Waals surface area contributed by atoms with Gasteiger partial charge in [0.1, 0.15) is 6.33 Å². The van der Waals surface area contributed by atoms with Crippen LogP contribution in [0.4, 0.5) is 11.9 Å². The number of aromatic nitrogens is 5. The summed E-state index contributed by atoms with van der Waals surface area (Å²) in [7, 11) is 0. The van der Waals surface area contributed by atoms with Gasteiger partial charge in [-0.1, -0.05) is 19.8 Å². The molecule has 2 heterocycles. The first-order chi connectivity index (χ1) is 9.19. The molecule has 0 spiro atoms. The summed E-state index contributed by atoms with van der Waals surface area (Å²) in [5.41, 5.74) is 5.71. The number of nitrogen functional groups attached to an aromatic ring is 1. The molecule has 1 unspecified atom stereocenters. The Bertz CT molecular complexity index is 509. The van der Waals surface area contributed by atoms with Crippen LogP contribution in [0.2, 0.25) is 0 Å². The molecule has 0 radical (unpaired) electrons. The Morgan fingerprint density at radius 3 is 2.89 bits per heavy atom. The maximum Gasteiger partial charge on any atom is 0.241 e. The number of rotatable bonds is 6. The highest BCUT2D eigenvalue weighted by Crippen LogP contribution is 2.10. The van der Waals surface area contributed by atoms with E-state index in [1.54, 1.807) is 23.3 Å². The third-order valence-electron chi connectivity index (χ3n) is 2.74. The quantitative estimate of drug-likeness (QED) is 0.820. The Balaban J connectivity index is 2.13. The van der Waals surface area contributed by atoms with Crippen molar-refractivity contribution in [1.29, 1.82) is 0 Å². The molecule has 102 valence electrons. The lowest BCUT2D eigenvalue weighted by Gasteiger charge is -2.13. The van der Waals surface area contributed by atoms with Crippen molar-refractivity contribution in [1.82, 2.24) is 24.5 Å². The van der Waals surface area contributed by atoms with Crippen molar-refractivity contribution in [3.8, 4) is 5.95 Å². The summed E-state index contributed by atoms with van der Waals surface area (Å²) >= 11 is 0. The molecule has 0 amide bonds. The first-order valence-electron chi connectivity index (χ1n) is 6.45. The molecule has 2 rings (SSSR count). The molecule has 19 heavy (non-hydrogen) atoms. The molecular formula is C12H19N7. The number of imidazole rings is 1. The topological polar surface area (TPSA) is 94.5 Å². The summed E-state index contributed by atoms with van der Waals surface area (Å²) in [6.45, 7) is 4.28. The lowest BCUT2D eigenvalue weighted by Crippen LogP contribution is -2.18. The van der Waals surface area contributed by atoms with E-state index in [2.05, 4.69) is 39.1 Å². The van der Waals surface area contributed by atoms with Gasteiger partial charge in [0.15, 0.2) is 0 Å². The summed E-state index contributed by atoms with van der Waals surface area (Å²) in [6, 6.07) is 0.303.